The fraction of sp³-hybridized carbons (Fsp3) is 0.226. The first-order chi connectivity index (χ1) is 19.9. The number of ether oxygens (including phenoxy) is 1. The van der Waals surface area contributed by atoms with Crippen LogP contribution in [0.25, 0.3) is 16.7 Å². The smallest absolute Gasteiger partial charge is 0.429 e. The molecule has 42 heavy (non-hydrogen) atoms. The second-order valence-electron chi connectivity index (χ2n) is 9.55. The van der Waals surface area contributed by atoms with Crippen molar-refractivity contribution in [2.45, 2.75) is 43.5 Å². The lowest BCUT2D eigenvalue weighted by atomic mass is 9.99. The van der Waals surface area contributed by atoms with E-state index in [9.17, 15) is 35.1 Å². The van der Waals surface area contributed by atoms with Gasteiger partial charge in [0, 0.05) is 22.5 Å². The molecule has 222 valence electrons. The molecule has 0 bridgehead atoms. The molecule has 0 radical (unpaired) electrons. The van der Waals surface area contributed by atoms with Gasteiger partial charge in [0.15, 0.2) is 17.5 Å². The van der Waals surface area contributed by atoms with E-state index in [2.05, 4.69) is 17.4 Å². The summed E-state index contributed by atoms with van der Waals surface area (Å²) in [5.41, 5.74) is -3.27. The summed E-state index contributed by atoms with van der Waals surface area (Å²) in [6.45, 7) is 0. The van der Waals surface area contributed by atoms with Crippen LogP contribution in [0.3, 0.4) is 0 Å². The van der Waals surface area contributed by atoms with E-state index in [1.54, 1.807) is 6.08 Å². The lowest BCUT2D eigenvalue weighted by Crippen LogP contribution is -2.25. The van der Waals surface area contributed by atoms with Gasteiger partial charge in [-0.05, 0) is 85.7 Å². The lowest BCUT2D eigenvalue weighted by molar-refractivity contribution is -0.189. The number of alkyl halides is 2. The minimum Gasteiger partial charge on any atom is -0.429 e. The maximum atomic E-state index is 15.0. The summed E-state index contributed by atoms with van der Waals surface area (Å²) in [6.07, 6.45) is 4.31. The first kappa shape index (κ1) is 31.3. The number of halogens is 9. The lowest BCUT2D eigenvalue weighted by Gasteiger charge is -2.20. The highest BCUT2D eigenvalue weighted by molar-refractivity contribution is 7.80. The molecule has 4 rings (SSSR count). The van der Waals surface area contributed by atoms with Crippen molar-refractivity contribution < 1.29 is 44.3 Å². The van der Waals surface area contributed by atoms with Gasteiger partial charge in [-0.1, -0.05) is 18.2 Å². The van der Waals surface area contributed by atoms with Gasteiger partial charge in [-0.2, -0.15) is 21.4 Å². The van der Waals surface area contributed by atoms with Gasteiger partial charge in [0.25, 0.3) is 0 Å². The number of benzene rings is 3. The van der Waals surface area contributed by atoms with Crippen molar-refractivity contribution in [3.63, 3.8) is 0 Å². The molecule has 0 aliphatic heterocycles. The third-order valence-corrected chi connectivity index (χ3v) is 7.03. The van der Waals surface area contributed by atoms with Gasteiger partial charge in [-0.15, -0.1) is 0 Å². The summed E-state index contributed by atoms with van der Waals surface area (Å²) in [5.74, 6) is -11.4. The molecule has 1 atom stereocenters. The monoisotopic (exact) mass is 614 g/mol. The first-order valence-electron chi connectivity index (χ1n) is 12.8. The predicted octanol–water partition coefficient (Wildman–Crippen LogP) is 10.4. The van der Waals surface area contributed by atoms with Gasteiger partial charge < -0.3 is 4.74 Å². The SMILES string of the molecule is FC1=C/CCC(S)CCC/C=C/C=C\1c1cc(F)c(C(F)(F)Oc2ccc(-c3cc(F)c(F)c(F)c3)c(F)c2)c(F)c1. The third-order valence-electron chi connectivity index (χ3n) is 6.51. The number of hydrogen-bond acceptors (Lipinski definition) is 2. The summed E-state index contributed by atoms with van der Waals surface area (Å²) >= 11 is 4.45. The average molecular weight is 615 g/mol. The predicted molar refractivity (Wildman–Crippen MR) is 145 cm³/mol. The molecule has 0 saturated carbocycles. The van der Waals surface area contributed by atoms with Crippen LogP contribution in [0.4, 0.5) is 39.5 Å². The number of thiol groups is 1. The fourth-order valence-corrected chi connectivity index (χ4v) is 4.74. The van der Waals surface area contributed by atoms with Crippen molar-refractivity contribution in [3.8, 4) is 16.9 Å². The van der Waals surface area contributed by atoms with Crippen molar-refractivity contribution in [3.05, 3.63) is 119 Å². The molecule has 0 amide bonds. The van der Waals surface area contributed by atoms with Crippen LogP contribution in [0.5, 0.6) is 5.75 Å². The zero-order valence-corrected chi connectivity index (χ0v) is 22.6. The molecule has 0 fully saturated rings. The molecule has 11 heteroatoms. The number of rotatable bonds is 5. The van der Waals surface area contributed by atoms with E-state index in [0.29, 0.717) is 49.6 Å². The Bertz CT molecular complexity index is 1520. The Morgan fingerprint density at radius 2 is 1.38 bits per heavy atom. The normalized spacial score (nSPS) is 20.0. The zero-order valence-electron chi connectivity index (χ0n) is 21.7. The van der Waals surface area contributed by atoms with Gasteiger partial charge in [0.1, 0.15) is 34.6 Å². The van der Waals surface area contributed by atoms with E-state index in [4.69, 9.17) is 0 Å². The Hall–Kier alpha value is -3.60. The van der Waals surface area contributed by atoms with Crippen LogP contribution in [-0.4, -0.2) is 5.25 Å². The Kier molecular flexibility index (Phi) is 9.81. The molecule has 3 aromatic carbocycles. The standard InChI is InChI=1S/C31H23F9OS/c32-23-9-5-7-20(42)6-3-1-2-4-8-21(23)17-12-25(34)29(26(35)13-17)31(39,40)41-19-10-11-22(24(33)16-19)18-14-27(36)30(38)28(37)15-18/h2,4,8-16,20,42H,1,3,5-7H2/b4-2+,21-8-,23-9+. The van der Waals surface area contributed by atoms with Crippen molar-refractivity contribution in [1.82, 2.24) is 0 Å². The maximum Gasteiger partial charge on any atom is 0.432 e. The largest absolute Gasteiger partial charge is 0.432 e. The Morgan fingerprint density at radius 3 is 2.02 bits per heavy atom. The van der Waals surface area contributed by atoms with Crippen LogP contribution in [0.1, 0.15) is 43.2 Å². The molecule has 0 N–H and O–H groups in total. The number of hydrogen-bond donors (Lipinski definition) is 1. The highest BCUT2D eigenvalue weighted by Crippen LogP contribution is 2.38. The fourth-order valence-electron chi connectivity index (χ4n) is 4.41. The van der Waals surface area contributed by atoms with Gasteiger partial charge in [-0.3, -0.25) is 0 Å². The van der Waals surface area contributed by atoms with Gasteiger partial charge in [-0.25, -0.2) is 30.7 Å². The van der Waals surface area contributed by atoms with Crippen LogP contribution in [0.2, 0.25) is 0 Å². The molecule has 1 aliphatic carbocycles. The van der Waals surface area contributed by atoms with Crippen LogP contribution >= 0.6 is 12.6 Å². The molecule has 1 aliphatic rings. The quantitative estimate of drug-likeness (QED) is 0.171. The zero-order chi connectivity index (χ0) is 30.6. The van der Waals surface area contributed by atoms with Crippen LogP contribution in [0, 0.1) is 34.9 Å². The van der Waals surface area contributed by atoms with Crippen molar-refractivity contribution in [1.29, 1.82) is 0 Å². The van der Waals surface area contributed by atoms with E-state index in [1.807, 2.05) is 0 Å². The molecule has 0 heterocycles. The van der Waals surface area contributed by atoms with Gasteiger partial charge in [0.05, 0.1) is 0 Å². The van der Waals surface area contributed by atoms with E-state index < -0.39 is 69.3 Å². The van der Waals surface area contributed by atoms with Crippen LogP contribution < -0.4 is 4.74 Å². The van der Waals surface area contributed by atoms with Gasteiger partial charge in [0.2, 0.25) is 0 Å². The summed E-state index contributed by atoms with van der Waals surface area (Å²) in [6, 6.07) is 4.07. The molecule has 0 aromatic heterocycles. The highest BCUT2D eigenvalue weighted by atomic mass is 32.1. The molecular formula is C31H23F9OS. The first-order valence-corrected chi connectivity index (χ1v) is 13.3. The molecule has 1 nitrogen and oxygen atoms in total. The topological polar surface area (TPSA) is 9.23 Å². The summed E-state index contributed by atoms with van der Waals surface area (Å²) in [7, 11) is 0. The molecule has 3 aromatic rings. The van der Waals surface area contributed by atoms with Crippen molar-refractivity contribution >= 4 is 18.2 Å². The number of allylic oxidation sites excluding steroid dienone is 6. The Morgan fingerprint density at radius 1 is 0.738 bits per heavy atom. The van der Waals surface area contributed by atoms with Crippen molar-refractivity contribution in [2.24, 2.45) is 0 Å². The van der Waals surface area contributed by atoms with E-state index >= 15 is 4.39 Å². The van der Waals surface area contributed by atoms with Crippen LogP contribution in [0.15, 0.2) is 72.6 Å². The molecule has 0 saturated heterocycles. The average Bonchev–Trinajstić information content (AvgIpc) is 2.89. The van der Waals surface area contributed by atoms with Crippen molar-refractivity contribution in [2.75, 3.05) is 0 Å². The molecule has 1 unspecified atom stereocenters. The minimum atomic E-state index is -4.66. The Balaban J connectivity index is 1.63. The highest BCUT2D eigenvalue weighted by Gasteiger charge is 2.41. The molecule has 0 spiro atoms. The molecular weight excluding hydrogens is 591 g/mol. The Labute approximate surface area is 241 Å². The minimum absolute atomic E-state index is 0.0456. The third kappa shape index (κ3) is 7.24. The van der Waals surface area contributed by atoms with Gasteiger partial charge >= 0.3 is 6.11 Å². The summed E-state index contributed by atoms with van der Waals surface area (Å²) in [4.78, 5) is 0. The van der Waals surface area contributed by atoms with Crippen LogP contribution in [-0.2, 0) is 6.11 Å². The second kappa shape index (κ2) is 13.1. The summed E-state index contributed by atoms with van der Waals surface area (Å²) < 4.78 is 134. The maximum absolute atomic E-state index is 15.0. The summed E-state index contributed by atoms with van der Waals surface area (Å²) in [5, 5.41) is 0.0456. The second-order valence-corrected chi connectivity index (χ2v) is 10.3. The van der Waals surface area contributed by atoms with E-state index in [0.717, 1.165) is 25.0 Å². The van der Waals surface area contributed by atoms with E-state index in [1.165, 1.54) is 18.2 Å². The van der Waals surface area contributed by atoms with E-state index in [-0.39, 0.29) is 16.4 Å².